The molecule has 0 unspecified atom stereocenters. The fourth-order valence-corrected chi connectivity index (χ4v) is 3.54. The molecule has 0 radical (unpaired) electrons. The third kappa shape index (κ3) is 5.78. The molecule has 7 nitrogen and oxygen atoms in total. The fraction of sp³-hybridized carbons (Fsp3) is 0.192. The van der Waals surface area contributed by atoms with Gasteiger partial charge in [-0.05, 0) is 67.6 Å². The predicted octanol–water partition coefficient (Wildman–Crippen LogP) is 4.46. The van der Waals surface area contributed by atoms with E-state index >= 15 is 0 Å². The minimum atomic E-state index is -0.672. The molecule has 1 fully saturated rings. The van der Waals surface area contributed by atoms with Gasteiger partial charge >= 0.3 is 5.97 Å². The molecule has 0 spiro atoms. The number of halogens is 1. The predicted molar refractivity (Wildman–Crippen MR) is 124 cm³/mol. The fourth-order valence-electron chi connectivity index (χ4n) is 3.54. The summed E-state index contributed by atoms with van der Waals surface area (Å²) in [4.78, 5) is 38.4. The van der Waals surface area contributed by atoms with Gasteiger partial charge in [0.05, 0.1) is 5.92 Å². The Morgan fingerprint density at radius 3 is 2.24 bits per heavy atom. The summed E-state index contributed by atoms with van der Waals surface area (Å²) in [5, 5.41) is 2.51. The molecular formula is C26H23FN2O5. The zero-order valence-corrected chi connectivity index (χ0v) is 18.5. The van der Waals surface area contributed by atoms with Gasteiger partial charge in [-0.2, -0.15) is 0 Å². The van der Waals surface area contributed by atoms with Crippen molar-refractivity contribution in [3.63, 3.8) is 0 Å². The van der Waals surface area contributed by atoms with Crippen molar-refractivity contribution >= 4 is 29.2 Å². The number of carbonyl (C=O) groups is 3. The molecule has 1 atom stereocenters. The molecule has 1 aliphatic rings. The van der Waals surface area contributed by atoms with Crippen LogP contribution in [0.15, 0.2) is 72.8 Å². The van der Waals surface area contributed by atoms with Crippen molar-refractivity contribution in [1.82, 2.24) is 0 Å². The highest BCUT2D eigenvalue weighted by Gasteiger charge is 2.36. The minimum absolute atomic E-state index is 0.0000321. The standard InChI is InChI=1S/C26H23FN2O5/c1-17-2-10-22(11-3-17)34-23-12-8-21(9-13-23)29-15-18(14-25(29)31)26(32)33-16-24(30)28-20-6-4-19(27)5-7-20/h2-13,18H,14-16H2,1H3,(H,28,30)/t18-/m0/s1. The molecule has 2 amide bonds. The average Bonchev–Trinajstić information content (AvgIpc) is 3.23. The second-order valence-corrected chi connectivity index (χ2v) is 7.98. The van der Waals surface area contributed by atoms with Gasteiger partial charge in [0.15, 0.2) is 6.61 Å². The molecule has 3 aromatic rings. The van der Waals surface area contributed by atoms with E-state index in [-0.39, 0.29) is 18.9 Å². The van der Waals surface area contributed by atoms with Crippen molar-refractivity contribution in [2.75, 3.05) is 23.4 Å². The number of anilines is 2. The zero-order chi connectivity index (χ0) is 24.1. The summed E-state index contributed by atoms with van der Waals surface area (Å²) in [7, 11) is 0. The zero-order valence-electron chi connectivity index (χ0n) is 18.5. The number of ether oxygens (including phenoxy) is 2. The summed E-state index contributed by atoms with van der Waals surface area (Å²) in [6.45, 7) is 1.67. The third-order valence-electron chi connectivity index (χ3n) is 5.34. The Morgan fingerprint density at radius 2 is 1.59 bits per heavy atom. The third-order valence-corrected chi connectivity index (χ3v) is 5.34. The second-order valence-electron chi connectivity index (χ2n) is 7.98. The topological polar surface area (TPSA) is 84.9 Å². The molecule has 1 heterocycles. The monoisotopic (exact) mass is 462 g/mol. The van der Waals surface area contributed by atoms with Crippen molar-refractivity contribution in [1.29, 1.82) is 0 Å². The summed E-state index contributed by atoms with van der Waals surface area (Å²) in [6.07, 6.45) is 0.0000321. The van der Waals surface area contributed by atoms with Gasteiger partial charge in [0, 0.05) is 24.3 Å². The number of carbonyl (C=O) groups excluding carboxylic acids is 3. The van der Waals surface area contributed by atoms with Crippen LogP contribution in [-0.2, 0) is 19.1 Å². The van der Waals surface area contributed by atoms with Crippen LogP contribution >= 0.6 is 0 Å². The number of rotatable bonds is 7. The molecular weight excluding hydrogens is 439 g/mol. The molecule has 174 valence electrons. The molecule has 8 heteroatoms. The van der Waals surface area contributed by atoms with E-state index in [0.717, 1.165) is 5.56 Å². The molecule has 1 N–H and O–H groups in total. The van der Waals surface area contributed by atoms with E-state index in [9.17, 15) is 18.8 Å². The first-order chi connectivity index (χ1) is 16.4. The number of esters is 1. The Kier molecular flexibility index (Phi) is 6.87. The van der Waals surface area contributed by atoms with Gasteiger partial charge in [0.1, 0.15) is 17.3 Å². The number of aryl methyl sites for hydroxylation is 1. The van der Waals surface area contributed by atoms with Gasteiger partial charge in [-0.15, -0.1) is 0 Å². The van der Waals surface area contributed by atoms with E-state index < -0.39 is 30.2 Å². The number of amides is 2. The van der Waals surface area contributed by atoms with Crippen LogP contribution in [-0.4, -0.2) is 30.9 Å². The Labute approximate surface area is 196 Å². The lowest BCUT2D eigenvalue weighted by atomic mass is 10.1. The highest BCUT2D eigenvalue weighted by atomic mass is 19.1. The molecule has 1 saturated heterocycles. The van der Waals surface area contributed by atoms with E-state index in [1.165, 1.54) is 29.2 Å². The average molecular weight is 462 g/mol. The largest absolute Gasteiger partial charge is 0.457 e. The maximum absolute atomic E-state index is 12.9. The first kappa shape index (κ1) is 23.0. The summed E-state index contributed by atoms with van der Waals surface area (Å²) >= 11 is 0. The summed E-state index contributed by atoms with van der Waals surface area (Å²) in [5.74, 6) is -1.13. The van der Waals surface area contributed by atoms with Gasteiger partial charge in [0.2, 0.25) is 5.91 Å². The van der Waals surface area contributed by atoms with Gasteiger partial charge in [-0.25, -0.2) is 4.39 Å². The Bertz CT molecular complexity index is 1180. The van der Waals surface area contributed by atoms with Gasteiger partial charge in [-0.3, -0.25) is 14.4 Å². The van der Waals surface area contributed by atoms with Crippen LogP contribution in [0, 0.1) is 18.7 Å². The van der Waals surface area contributed by atoms with Gasteiger partial charge in [0.25, 0.3) is 5.91 Å². The van der Waals surface area contributed by atoms with E-state index in [4.69, 9.17) is 9.47 Å². The molecule has 4 rings (SSSR count). The van der Waals surface area contributed by atoms with Crippen LogP contribution in [0.2, 0.25) is 0 Å². The normalized spacial score (nSPS) is 15.2. The summed E-state index contributed by atoms with van der Waals surface area (Å²) in [6, 6.07) is 19.9. The van der Waals surface area contributed by atoms with Crippen LogP contribution < -0.4 is 15.0 Å². The quantitative estimate of drug-likeness (QED) is 0.524. The van der Waals surface area contributed by atoms with E-state index in [0.29, 0.717) is 22.9 Å². The Hall–Kier alpha value is -4.20. The lowest BCUT2D eigenvalue weighted by Crippen LogP contribution is -2.28. The van der Waals surface area contributed by atoms with Crippen molar-refractivity contribution in [3.8, 4) is 11.5 Å². The second kappa shape index (κ2) is 10.2. The number of nitrogens with zero attached hydrogens (tertiary/aromatic N) is 1. The molecule has 0 bridgehead atoms. The number of hydrogen-bond acceptors (Lipinski definition) is 5. The van der Waals surface area contributed by atoms with Crippen LogP contribution in [0.3, 0.4) is 0 Å². The molecule has 0 aliphatic carbocycles. The van der Waals surface area contributed by atoms with Crippen molar-refractivity contribution in [2.45, 2.75) is 13.3 Å². The number of hydrogen-bond donors (Lipinski definition) is 1. The molecule has 0 aromatic heterocycles. The Morgan fingerprint density at radius 1 is 0.971 bits per heavy atom. The highest BCUT2D eigenvalue weighted by molar-refractivity contribution is 6.00. The van der Waals surface area contributed by atoms with Crippen molar-refractivity contribution in [2.24, 2.45) is 5.92 Å². The lowest BCUT2D eigenvalue weighted by molar-refractivity contribution is -0.151. The molecule has 0 saturated carbocycles. The highest BCUT2D eigenvalue weighted by Crippen LogP contribution is 2.29. The Balaban J connectivity index is 1.28. The summed E-state index contributed by atoms with van der Waals surface area (Å²) in [5.41, 5.74) is 2.17. The van der Waals surface area contributed by atoms with Crippen molar-refractivity contribution in [3.05, 3.63) is 84.2 Å². The van der Waals surface area contributed by atoms with Gasteiger partial charge < -0.3 is 19.7 Å². The number of nitrogens with one attached hydrogen (secondary N) is 1. The molecule has 3 aromatic carbocycles. The van der Waals surface area contributed by atoms with E-state index in [2.05, 4.69) is 5.32 Å². The maximum Gasteiger partial charge on any atom is 0.311 e. The number of benzene rings is 3. The maximum atomic E-state index is 12.9. The minimum Gasteiger partial charge on any atom is -0.457 e. The first-order valence-electron chi connectivity index (χ1n) is 10.7. The first-order valence-corrected chi connectivity index (χ1v) is 10.7. The van der Waals surface area contributed by atoms with E-state index in [1.54, 1.807) is 24.3 Å². The molecule has 34 heavy (non-hydrogen) atoms. The van der Waals surface area contributed by atoms with Crippen LogP contribution in [0.4, 0.5) is 15.8 Å². The SMILES string of the molecule is Cc1ccc(Oc2ccc(N3C[C@@H](C(=O)OCC(=O)Nc4ccc(F)cc4)CC3=O)cc2)cc1. The lowest BCUT2D eigenvalue weighted by Gasteiger charge is -2.17. The van der Waals surface area contributed by atoms with Gasteiger partial charge in [-0.1, -0.05) is 17.7 Å². The van der Waals surface area contributed by atoms with Crippen LogP contribution in [0.25, 0.3) is 0 Å². The smallest absolute Gasteiger partial charge is 0.311 e. The van der Waals surface area contributed by atoms with E-state index in [1.807, 2.05) is 31.2 Å². The van der Waals surface area contributed by atoms with Crippen LogP contribution in [0.1, 0.15) is 12.0 Å². The molecule has 1 aliphatic heterocycles. The van der Waals surface area contributed by atoms with Crippen LogP contribution in [0.5, 0.6) is 11.5 Å². The van der Waals surface area contributed by atoms with Crippen molar-refractivity contribution < 1.29 is 28.2 Å². The summed E-state index contributed by atoms with van der Waals surface area (Å²) < 4.78 is 23.8.